The highest BCUT2D eigenvalue weighted by atomic mass is 16.7. The first-order chi connectivity index (χ1) is 14.5. The van der Waals surface area contributed by atoms with Gasteiger partial charge in [0.15, 0.2) is 24.1 Å². The minimum Gasteiger partial charge on any atom is -0.463 e. The Bertz CT molecular complexity index is 998. The number of carbonyl (C=O) groups excluding carboxylic acids is 3. The van der Waals surface area contributed by atoms with Crippen LogP contribution in [0.5, 0.6) is 0 Å². The minimum atomic E-state index is -1.29. The van der Waals surface area contributed by atoms with Gasteiger partial charge in [0.25, 0.3) is 0 Å². The lowest BCUT2D eigenvalue weighted by Crippen LogP contribution is -2.40. The summed E-state index contributed by atoms with van der Waals surface area (Å²) in [6.07, 6.45) is -1.35. The van der Waals surface area contributed by atoms with Crippen LogP contribution in [-0.2, 0) is 38.9 Å². The standard InChI is InChI=1S/C19H24N4O8/c1-9(24)28-6-12-14(29-10(2)25)15(30-11(3)26)18(31-12)23-8-22-13-16(19(4,5)27)20-7-21-17(13)23/h7-8,12,14-15,18,27H,6H2,1-5H3/t12-,14-,15-,18-/m1/s1. The van der Waals surface area contributed by atoms with Gasteiger partial charge < -0.3 is 24.1 Å². The summed E-state index contributed by atoms with van der Waals surface area (Å²) in [6, 6.07) is 0. The van der Waals surface area contributed by atoms with Crippen LogP contribution in [0.4, 0.5) is 0 Å². The quantitative estimate of drug-likeness (QED) is 0.494. The average molecular weight is 436 g/mol. The van der Waals surface area contributed by atoms with Crippen molar-refractivity contribution < 1.29 is 38.4 Å². The number of fused-ring (bicyclic) bond motifs is 1. The van der Waals surface area contributed by atoms with Crippen LogP contribution in [0.3, 0.4) is 0 Å². The smallest absolute Gasteiger partial charge is 0.303 e. The molecule has 0 aromatic carbocycles. The van der Waals surface area contributed by atoms with Gasteiger partial charge in [0.1, 0.15) is 35.8 Å². The molecule has 31 heavy (non-hydrogen) atoms. The monoisotopic (exact) mass is 436 g/mol. The maximum Gasteiger partial charge on any atom is 0.303 e. The Labute approximate surface area is 177 Å². The van der Waals surface area contributed by atoms with Gasteiger partial charge in [-0.05, 0) is 13.8 Å². The second kappa shape index (κ2) is 8.55. The first-order valence-electron chi connectivity index (χ1n) is 9.52. The fraction of sp³-hybridized carbons (Fsp3) is 0.579. The third-order valence-corrected chi connectivity index (χ3v) is 4.55. The van der Waals surface area contributed by atoms with Crippen LogP contribution in [0.25, 0.3) is 11.2 Å². The maximum atomic E-state index is 11.8. The van der Waals surface area contributed by atoms with Crippen molar-refractivity contribution >= 4 is 29.1 Å². The molecule has 1 aliphatic heterocycles. The van der Waals surface area contributed by atoms with E-state index in [-0.39, 0.29) is 6.61 Å². The number of hydrogen-bond acceptors (Lipinski definition) is 11. The van der Waals surface area contributed by atoms with Gasteiger partial charge >= 0.3 is 17.9 Å². The minimum absolute atomic E-state index is 0.224. The maximum absolute atomic E-state index is 11.8. The van der Waals surface area contributed by atoms with Crippen LogP contribution >= 0.6 is 0 Å². The molecule has 0 aliphatic carbocycles. The zero-order valence-electron chi connectivity index (χ0n) is 17.8. The van der Waals surface area contributed by atoms with Gasteiger partial charge in [0, 0.05) is 20.8 Å². The fourth-order valence-corrected chi connectivity index (χ4v) is 3.40. The molecule has 168 valence electrons. The highest BCUT2D eigenvalue weighted by molar-refractivity contribution is 5.74. The van der Waals surface area contributed by atoms with Gasteiger partial charge in [0.05, 0.1) is 6.33 Å². The van der Waals surface area contributed by atoms with Gasteiger partial charge in [0.2, 0.25) is 0 Å². The molecule has 1 saturated heterocycles. The molecule has 12 nitrogen and oxygen atoms in total. The van der Waals surface area contributed by atoms with Crippen molar-refractivity contribution in [1.82, 2.24) is 19.5 Å². The van der Waals surface area contributed by atoms with Crippen LogP contribution in [0, 0.1) is 0 Å². The van der Waals surface area contributed by atoms with E-state index in [2.05, 4.69) is 15.0 Å². The third kappa shape index (κ3) is 4.80. The third-order valence-electron chi connectivity index (χ3n) is 4.55. The molecule has 3 heterocycles. The van der Waals surface area contributed by atoms with E-state index in [1.54, 1.807) is 13.8 Å². The number of ether oxygens (including phenoxy) is 4. The second-order valence-corrected chi connectivity index (χ2v) is 7.62. The van der Waals surface area contributed by atoms with E-state index in [0.29, 0.717) is 16.9 Å². The van der Waals surface area contributed by atoms with E-state index in [1.165, 1.54) is 38.0 Å². The lowest BCUT2D eigenvalue weighted by atomic mass is 10.0. The Hall–Kier alpha value is -3.12. The first kappa shape index (κ1) is 22.6. The lowest BCUT2D eigenvalue weighted by Gasteiger charge is -2.23. The molecule has 0 unspecified atom stereocenters. The zero-order chi connectivity index (χ0) is 22.9. The number of rotatable bonds is 6. The fourth-order valence-electron chi connectivity index (χ4n) is 3.40. The van der Waals surface area contributed by atoms with Gasteiger partial charge in [-0.15, -0.1) is 0 Å². The van der Waals surface area contributed by atoms with Crippen molar-refractivity contribution in [3.8, 4) is 0 Å². The molecule has 0 bridgehead atoms. The summed E-state index contributed by atoms with van der Waals surface area (Å²) in [4.78, 5) is 47.4. The van der Waals surface area contributed by atoms with Crippen LogP contribution in [0.1, 0.15) is 46.5 Å². The van der Waals surface area contributed by atoms with Gasteiger partial charge in [-0.25, -0.2) is 15.0 Å². The summed E-state index contributed by atoms with van der Waals surface area (Å²) in [6.45, 7) is 6.55. The summed E-state index contributed by atoms with van der Waals surface area (Å²) >= 11 is 0. The molecule has 3 rings (SSSR count). The predicted octanol–water partition coefficient (Wildman–Crippen LogP) is 0.378. The largest absolute Gasteiger partial charge is 0.463 e. The number of aromatic nitrogens is 4. The Balaban J connectivity index is 2.06. The van der Waals surface area contributed by atoms with Gasteiger partial charge in [-0.2, -0.15) is 0 Å². The molecule has 0 amide bonds. The second-order valence-electron chi connectivity index (χ2n) is 7.62. The number of imidazole rings is 1. The molecule has 0 saturated carbocycles. The summed E-state index contributed by atoms with van der Waals surface area (Å²) in [7, 11) is 0. The molecule has 2 aromatic heterocycles. The topological polar surface area (TPSA) is 152 Å². The summed E-state index contributed by atoms with van der Waals surface area (Å²) < 4.78 is 23.3. The number of hydrogen-bond donors (Lipinski definition) is 1. The van der Waals surface area contributed by atoms with Crippen LogP contribution in [-0.4, -0.2) is 67.5 Å². The Morgan fingerprint density at radius 2 is 1.71 bits per heavy atom. The molecule has 12 heteroatoms. The zero-order valence-corrected chi connectivity index (χ0v) is 17.8. The van der Waals surface area contributed by atoms with Crippen molar-refractivity contribution in [2.24, 2.45) is 0 Å². The van der Waals surface area contributed by atoms with Crippen LogP contribution in [0.2, 0.25) is 0 Å². The molecule has 1 N–H and O–H groups in total. The van der Waals surface area contributed by atoms with Crippen LogP contribution < -0.4 is 0 Å². The molecular weight excluding hydrogens is 412 g/mol. The molecule has 0 spiro atoms. The van der Waals surface area contributed by atoms with E-state index < -0.39 is 48.0 Å². The molecule has 1 aliphatic rings. The van der Waals surface area contributed by atoms with Gasteiger partial charge in [-0.1, -0.05) is 0 Å². The highest BCUT2D eigenvalue weighted by Crippen LogP contribution is 2.36. The molecular formula is C19H24N4O8. The van der Waals surface area contributed by atoms with Gasteiger partial charge in [-0.3, -0.25) is 19.0 Å². The SMILES string of the molecule is CC(=O)OC[C@H]1O[C@@H](n2cnc3c(C(C)(C)O)ncnc32)[C@H](OC(C)=O)[C@@H]1OC(C)=O. The molecule has 0 radical (unpaired) electrons. The number of nitrogens with zero attached hydrogens (tertiary/aromatic N) is 4. The van der Waals surface area contributed by atoms with E-state index in [9.17, 15) is 19.5 Å². The Morgan fingerprint density at radius 3 is 2.29 bits per heavy atom. The van der Waals surface area contributed by atoms with E-state index in [4.69, 9.17) is 18.9 Å². The highest BCUT2D eigenvalue weighted by Gasteiger charge is 2.51. The molecule has 1 fully saturated rings. The van der Waals surface area contributed by atoms with Crippen molar-refractivity contribution in [2.45, 2.75) is 64.8 Å². The van der Waals surface area contributed by atoms with Crippen molar-refractivity contribution in [3.05, 3.63) is 18.3 Å². The normalized spacial score (nSPS) is 23.5. The van der Waals surface area contributed by atoms with E-state index in [1.807, 2.05) is 0 Å². The molecule has 2 aromatic rings. The van der Waals surface area contributed by atoms with Crippen molar-refractivity contribution in [1.29, 1.82) is 0 Å². The van der Waals surface area contributed by atoms with Crippen LogP contribution in [0.15, 0.2) is 12.7 Å². The van der Waals surface area contributed by atoms with Crippen molar-refractivity contribution in [3.63, 3.8) is 0 Å². The number of aliphatic hydroxyl groups is 1. The summed E-state index contributed by atoms with van der Waals surface area (Å²) in [5, 5.41) is 10.4. The Morgan fingerprint density at radius 1 is 1.06 bits per heavy atom. The molecule has 4 atom stereocenters. The average Bonchev–Trinajstić information content (AvgIpc) is 3.20. The van der Waals surface area contributed by atoms with E-state index >= 15 is 0 Å². The summed E-state index contributed by atoms with van der Waals surface area (Å²) in [5.74, 6) is -1.80. The number of carbonyl (C=O) groups is 3. The number of esters is 3. The summed E-state index contributed by atoms with van der Waals surface area (Å²) in [5.41, 5.74) is -0.354. The lowest BCUT2D eigenvalue weighted by molar-refractivity contribution is -0.166. The predicted molar refractivity (Wildman–Crippen MR) is 102 cm³/mol. The van der Waals surface area contributed by atoms with E-state index in [0.717, 1.165) is 0 Å². The van der Waals surface area contributed by atoms with Crippen molar-refractivity contribution in [2.75, 3.05) is 6.61 Å². The first-order valence-corrected chi connectivity index (χ1v) is 9.52. The Kier molecular flexibility index (Phi) is 6.23.